The molecule has 3 heteroatoms. The highest BCUT2D eigenvalue weighted by Crippen LogP contribution is 2.21. The Labute approximate surface area is 102 Å². The zero-order chi connectivity index (χ0) is 13.0. The first-order valence-electron chi connectivity index (χ1n) is 5.65. The molecule has 0 aliphatic rings. The van der Waals surface area contributed by atoms with Gasteiger partial charge in [-0.1, -0.05) is 12.2 Å². The zero-order valence-corrected chi connectivity index (χ0v) is 10.6. The van der Waals surface area contributed by atoms with Crippen molar-refractivity contribution in [1.29, 1.82) is 0 Å². The van der Waals surface area contributed by atoms with Crippen LogP contribution in [0.15, 0.2) is 30.4 Å². The van der Waals surface area contributed by atoms with Crippen molar-refractivity contribution < 1.29 is 9.18 Å². The molecule has 0 unspecified atom stereocenters. The van der Waals surface area contributed by atoms with Crippen LogP contribution in [0.5, 0.6) is 0 Å². The van der Waals surface area contributed by atoms with Crippen LogP contribution < -0.4 is 4.90 Å². The van der Waals surface area contributed by atoms with E-state index in [-0.39, 0.29) is 11.6 Å². The summed E-state index contributed by atoms with van der Waals surface area (Å²) in [6.07, 6.45) is 0. The monoisotopic (exact) mass is 235 g/mol. The minimum absolute atomic E-state index is 0.126. The molecule has 1 aromatic rings. The van der Waals surface area contributed by atoms with Gasteiger partial charge in [-0.15, -0.1) is 0 Å². The van der Waals surface area contributed by atoms with Gasteiger partial charge in [-0.3, -0.25) is 4.79 Å². The molecule has 0 amide bonds. The third-order valence-electron chi connectivity index (χ3n) is 2.54. The molecule has 0 fully saturated rings. The standard InChI is InChI=1S/C14H18FNO/c1-5-16(9-10(2)3)14-7-6-12(11(4)17)8-13(14)15/h6-8H,2,5,9H2,1,3-4H3. The Hall–Kier alpha value is -1.64. The van der Waals surface area contributed by atoms with E-state index in [1.807, 2.05) is 18.7 Å². The molecule has 0 radical (unpaired) electrons. The summed E-state index contributed by atoms with van der Waals surface area (Å²) in [7, 11) is 0. The SMILES string of the molecule is C=C(C)CN(CC)c1ccc(C(C)=O)cc1F. The molecule has 2 nitrogen and oxygen atoms in total. The Balaban J connectivity index is 3.04. The van der Waals surface area contributed by atoms with E-state index in [0.717, 1.165) is 5.57 Å². The van der Waals surface area contributed by atoms with Gasteiger partial charge in [-0.05, 0) is 39.0 Å². The van der Waals surface area contributed by atoms with Gasteiger partial charge in [0.25, 0.3) is 0 Å². The summed E-state index contributed by atoms with van der Waals surface area (Å²) < 4.78 is 13.9. The summed E-state index contributed by atoms with van der Waals surface area (Å²) in [6, 6.07) is 4.60. The number of Topliss-reactive ketones (excluding diaryl/α,β-unsaturated/α-hetero) is 1. The van der Waals surface area contributed by atoms with Crippen LogP contribution in [-0.2, 0) is 0 Å². The predicted molar refractivity (Wildman–Crippen MR) is 69.1 cm³/mol. The van der Waals surface area contributed by atoms with E-state index >= 15 is 0 Å². The number of likely N-dealkylation sites (N-methyl/N-ethyl adjacent to an activating group) is 1. The first-order chi connectivity index (χ1) is 7.95. The van der Waals surface area contributed by atoms with Crippen LogP contribution in [0, 0.1) is 5.82 Å². The van der Waals surface area contributed by atoms with Gasteiger partial charge >= 0.3 is 0 Å². The average Bonchev–Trinajstić information content (AvgIpc) is 2.25. The van der Waals surface area contributed by atoms with Crippen LogP contribution in [0.1, 0.15) is 31.1 Å². The number of hydrogen-bond acceptors (Lipinski definition) is 2. The van der Waals surface area contributed by atoms with E-state index in [0.29, 0.717) is 24.3 Å². The second-order valence-corrected chi connectivity index (χ2v) is 4.19. The molecular formula is C14H18FNO. The largest absolute Gasteiger partial charge is 0.365 e. The van der Waals surface area contributed by atoms with E-state index in [9.17, 15) is 9.18 Å². The Morgan fingerprint density at radius 1 is 1.41 bits per heavy atom. The van der Waals surface area contributed by atoms with Gasteiger partial charge in [-0.2, -0.15) is 0 Å². The average molecular weight is 235 g/mol. The molecule has 0 heterocycles. The topological polar surface area (TPSA) is 20.3 Å². The van der Waals surface area contributed by atoms with Crippen molar-refractivity contribution >= 4 is 11.5 Å². The van der Waals surface area contributed by atoms with Crippen molar-refractivity contribution in [3.63, 3.8) is 0 Å². The molecule has 92 valence electrons. The molecule has 0 bridgehead atoms. The second-order valence-electron chi connectivity index (χ2n) is 4.19. The number of nitrogens with zero attached hydrogens (tertiary/aromatic N) is 1. The van der Waals surface area contributed by atoms with Crippen LogP contribution >= 0.6 is 0 Å². The lowest BCUT2D eigenvalue weighted by atomic mass is 10.1. The van der Waals surface area contributed by atoms with Gasteiger partial charge in [0.1, 0.15) is 5.82 Å². The summed E-state index contributed by atoms with van der Waals surface area (Å²) in [5.41, 5.74) is 1.89. The maximum absolute atomic E-state index is 13.9. The molecule has 0 saturated carbocycles. The molecule has 1 rings (SSSR count). The third kappa shape index (κ3) is 3.41. The van der Waals surface area contributed by atoms with Gasteiger partial charge in [0, 0.05) is 18.7 Å². The predicted octanol–water partition coefficient (Wildman–Crippen LogP) is 3.43. The van der Waals surface area contributed by atoms with Crippen molar-refractivity contribution in [2.24, 2.45) is 0 Å². The first-order valence-corrected chi connectivity index (χ1v) is 5.65. The Morgan fingerprint density at radius 3 is 2.47 bits per heavy atom. The lowest BCUT2D eigenvalue weighted by Crippen LogP contribution is -2.25. The van der Waals surface area contributed by atoms with Gasteiger partial charge < -0.3 is 4.90 Å². The van der Waals surface area contributed by atoms with Crippen molar-refractivity contribution in [3.05, 3.63) is 41.7 Å². The van der Waals surface area contributed by atoms with Crippen molar-refractivity contribution in [3.8, 4) is 0 Å². The Kier molecular flexibility index (Phi) is 4.44. The summed E-state index contributed by atoms with van der Waals surface area (Å²) >= 11 is 0. The second kappa shape index (κ2) is 5.62. The zero-order valence-electron chi connectivity index (χ0n) is 10.6. The number of hydrogen-bond donors (Lipinski definition) is 0. The molecule has 0 aliphatic heterocycles. The number of carbonyl (C=O) groups excluding carboxylic acids is 1. The van der Waals surface area contributed by atoms with Crippen molar-refractivity contribution in [2.75, 3.05) is 18.0 Å². The maximum atomic E-state index is 13.9. The normalized spacial score (nSPS) is 10.1. The number of carbonyl (C=O) groups is 1. The number of rotatable bonds is 5. The van der Waals surface area contributed by atoms with Gasteiger partial charge in [0.05, 0.1) is 5.69 Å². The third-order valence-corrected chi connectivity index (χ3v) is 2.54. The summed E-state index contributed by atoms with van der Waals surface area (Å²) in [6.45, 7) is 10.4. The molecule has 0 atom stereocenters. The van der Waals surface area contributed by atoms with Crippen LogP contribution in [0.3, 0.4) is 0 Å². The van der Waals surface area contributed by atoms with E-state index in [4.69, 9.17) is 0 Å². The van der Waals surface area contributed by atoms with Crippen LogP contribution in [0.2, 0.25) is 0 Å². The number of ketones is 1. The molecule has 0 saturated heterocycles. The van der Waals surface area contributed by atoms with Crippen LogP contribution in [-0.4, -0.2) is 18.9 Å². The molecular weight excluding hydrogens is 217 g/mol. The Morgan fingerprint density at radius 2 is 2.06 bits per heavy atom. The number of halogens is 1. The maximum Gasteiger partial charge on any atom is 0.159 e. The highest BCUT2D eigenvalue weighted by molar-refractivity contribution is 5.94. The Bertz CT molecular complexity index is 440. The lowest BCUT2D eigenvalue weighted by Gasteiger charge is -2.23. The molecule has 1 aromatic carbocycles. The number of benzene rings is 1. The highest BCUT2D eigenvalue weighted by atomic mass is 19.1. The minimum atomic E-state index is -0.360. The summed E-state index contributed by atoms with van der Waals surface area (Å²) in [4.78, 5) is 13.0. The fourth-order valence-electron chi connectivity index (χ4n) is 1.68. The molecule has 0 N–H and O–H groups in total. The highest BCUT2D eigenvalue weighted by Gasteiger charge is 2.11. The molecule has 17 heavy (non-hydrogen) atoms. The first kappa shape index (κ1) is 13.4. The summed E-state index contributed by atoms with van der Waals surface area (Å²) in [5, 5.41) is 0. The lowest BCUT2D eigenvalue weighted by molar-refractivity contribution is 0.101. The van der Waals surface area contributed by atoms with Gasteiger partial charge in [0.15, 0.2) is 5.78 Å². The van der Waals surface area contributed by atoms with E-state index < -0.39 is 0 Å². The molecule has 0 aromatic heterocycles. The minimum Gasteiger partial charge on any atom is -0.365 e. The van der Waals surface area contributed by atoms with Crippen molar-refractivity contribution in [2.45, 2.75) is 20.8 Å². The molecule has 0 aliphatic carbocycles. The summed E-state index contributed by atoms with van der Waals surface area (Å²) in [5.74, 6) is -0.487. The number of anilines is 1. The van der Waals surface area contributed by atoms with Gasteiger partial charge in [0.2, 0.25) is 0 Å². The van der Waals surface area contributed by atoms with Gasteiger partial charge in [-0.25, -0.2) is 4.39 Å². The van der Waals surface area contributed by atoms with E-state index in [1.165, 1.54) is 13.0 Å². The smallest absolute Gasteiger partial charge is 0.159 e. The van der Waals surface area contributed by atoms with Crippen molar-refractivity contribution in [1.82, 2.24) is 0 Å². The molecule has 0 spiro atoms. The van der Waals surface area contributed by atoms with Crippen LogP contribution in [0.25, 0.3) is 0 Å². The fraction of sp³-hybridized carbons (Fsp3) is 0.357. The van der Waals surface area contributed by atoms with E-state index in [1.54, 1.807) is 12.1 Å². The fourth-order valence-corrected chi connectivity index (χ4v) is 1.68. The van der Waals surface area contributed by atoms with E-state index in [2.05, 4.69) is 6.58 Å². The quantitative estimate of drug-likeness (QED) is 0.575. The van der Waals surface area contributed by atoms with Crippen LogP contribution in [0.4, 0.5) is 10.1 Å².